The summed E-state index contributed by atoms with van der Waals surface area (Å²) in [6.45, 7) is 3.07. The maximum atomic E-state index is 10.5. The van der Waals surface area contributed by atoms with Gasteiger partial charge in [-0.05, 0) is 13.8 Å². The molecule has 0 bridgehead atoms. The van der Waals surface area contributed by atoms with Crippen LogP contribution in [0.25, 0.3) is 0 Å². The number of carboxylic acid groups (broad SMARTS) is 1. The largest absolute Gasteiger partial charge is 0.480 e. The van der Waals surface area contributed by atoms with Gasteiger partial charge in [-0.15, -0.1) is 0 Å². The molecule has 0 saturated carbocycles. The van der Waals surface area contributed by atoms with Crippen LogP contribution in [0.2, 0.25) is 0 Å². The summed E-state index contributed by atoms with van der Waals surface area (Å²) in [5.41, 5.74) is 0.575. The number of rotatable bonds is 3. The number of nitrogens with zero attached hydrogens (tertiary/aromatic N) is 1. The third-order valence-electron chi connectivity index (χ3n) is 1.45. The highest BCUT2D eigenvalue weighted by Gasteiger charge is 2.22. The van der Waals surface area contributed by atoms with Gasteiger partial charge in [0.15, 0.2) is 0 Å². The Bertz CT molecular complexity index is 194. The number of carbonyl (C=O) groups is 1. The molecule has 0 aromatic rings. The lowest BCUT2D eigenvalue weighted by Crippen LogP contribution is -2.27. The van der Waals surface area contributed by atoms with E-state index < -0.39 is 11.9 Å². The second kappa shape index (κ2) is 3.85. The van der Waals surface area contributed by atoms with Crippen molar-refractivity contribution in [3.8, 4) is 0 Å². The number of aliphatic carboxylic acids is 1. The van der Waals surface area contributed by atoms with E-state index in [1.54, 1.807) is 6.92 Å². The van der Waals surface area contributed by atoms with E-state index in [2.05, 4.69) is 4.99 Å². The number of aliphatic imine (C=N–C) groups is 1. The monoisotopic (exact) mass is 156 g/mol. The summed E-state index contributed by atoms with van der Waals surface area (Å²) in [7, 11) is 1.52. The Morgan fingerprint density at radius 1 is 1.55 bits per heavy atom. The van der Waals surface area contributed by atoms with Gasteiger partial charge in [0.1, 0.15) is 5.92 Å². The van der Waals surface area contributed by atoms with E-state index in [1.807, 2.05) is 0 Å². The number of hydrogen-bond donors (Lipinski definition) is 2. The molecule has 0 fully saturated rings. The molecule has 0 amide bonds. The van der Waals surface area contributed by atoms with Crippen molar-refractivity contribution in [1.82, 2.24) is 0 Å². The fraction of sp³-hybridized carbons (Fsp3) is 0.571. The van der Waals surface area contributed by atoms with E-state index >= 15 is 0 Å². The minimum absolute atomic E-state index is 0.112. The third-order valence-corrected chi connectivity index (χ3v) is 1.45. The lowest BCUT2D eigenvalue weighted by molar-refractivity contribution is -0.137. The molecule has 0 rings (SSSR count). The predicted octanol–water partition coefficient (Wildman–Crippen LogP) is 0.818. The quantitative estimate of drug-likeness (QED) is 0.593. The van der Waals surface area contributed by atoms with Gasteiger partial charge in [-0.1, -0.05) is 0 Å². The van der Waals surface area contributed by atoms with Gasteiger partial charge in [0, 0.05) is 18.5 Å². The maximum Gasteiger partial charge on any atom is 0.317 e. The van der Waals surface area contributed by atoms with E-state index in [4.69, 9.17) is 10.5 Å². The summed E-state index contributed by atoms with van der Waals surface area (Å²) in [6, 6.07) is 0. The molecule has 1 unspecified atom stereocenters. The summed E-state index contributed by atoms with van der Waals surface area (Å²) in [4.78, 5) is 14.2. The molecular formula is C7H12N2O2. The van der Waals surface area contributed by atoms with Crippen LogP contribution < -0.4 is 0 Å². The van der Waals surface area contributed by atoms with Crippen LogP contribution in [0.3, 0.4) is 0 Å². The van der Waals surface area contributed by atoms with Crippen LogP contribution in [0.1, 0.15) is 13.8 Å². The van der Waals surface area contributed by atoms with Crippen molar-refractivity contribution in [3.63, 3.8) is 0 Å². The number of hydrogen-bond acceptors (Lipinski definition) is 3. The van der Waals surface area contributed by atoms with Gasteiger partial charge in [0.05, 0.1) is 0 Å². The van der Waals surface area contributed by atoms with Crippen molar-refractivity contribution >= 4 is 17.4 Å². The van der Waals surface area contributed by atoms with Crippen molar-refractivity contribution in [2.75, 3.05) is 7.05 Å². The van der Waals surface area contributed by atoms with E-state index in [-0.39, 0.29) is 5.71 Å². The van der Waals surface area contributed by atoms with Crippen molar-refractivity contribution in [1.29, 1.82) is 5.41 Å². The maximum absolute atomic E-state index is 10.5. The molecule has 4 heteroatoms. The van der Waals surface area contributed by atoms with Crippen LogP contribution in [0, 0.1) is 11.3 Å². The molecule has 2 N–H and O–H groups in total. The Kier molecular flexibility index (Phi) is 3.44. The Balaban J connectivity index is 4.62. The van der Waals surface area contributed by atoms with Gasteiger partial charge in [0.25, 0.3) is 0 Å². The van der Waals surface area contributed by atoms with Gasteiger partial charge < -0.3 is 10.5 Å². The first-order valence-electron chi connectivity index (χ1n) is 3.21. The summed E-state index contributed by atoms with van der Waals surface area (Å²) in [6.07, 6.45) is 0. The Labute approximate surface area is 65.5 Å². The van der Waals surface area contributed by atoms with Gasteiger partial charge in [-0.3, -0.25) is 9.79 Å². The third kappa shape index (κ3) is 2.49. The lowest BCUT2D eigenvalue weighted by atomic mass is 10.00. The van der Waals surface area contributed by atoms with Crippen molar-refractivity contribution < 1.29 is 9.90 Å². The van der Waals surface area contributed by atoms with Crippen molar-refractivity contribution in [3.05, 3.63) is 0 Å². The zero-order valence-electron chi connectivity index (χ0n) is 6.88. The molecule has 11 heavy (non-hydrogen) atoms. The average molecular weight is 156 g/mol. The minimum Gasteiger partial charge on any atom is -0.480 e. The normalized spacial score (nSPS) is 14.3. The summed E-state index contributed by atoms with van der Waals surface area (Å²) < 4.78 is 0. The number of carboxylic acids is 1. The molecule has 1 atom stereocenters. The first kappa shape index (κ1) is 9.81. The topological polar surface area (TPSA) is 73.5 Å². The Morgan fingerprint density at radius 3 is 2.09 bits per heavy atom. The smallest absolute Gasteiger partial charge is 0.317 e. The molecule has 0 aliphatic carbocycles. The fourth-order valence-electron chi connectivity index (χ4n) is 0.806. The van der Waals surface area contributed by atoms with Gasteiger partial charge in [-0.2, -0.15) is 0 Å². The standard InChI is InChI=1S/C7H12N2O2/c1-4(8)6(7(10)11)5(2)9-3/h6,8H,1-3H3,(H,10,11). The molecule has 0 aliphatic heterocycles. The van der Waals surface area contributed by atoms with Gasteiger partial charge in [0.2, 0.25) is 0 Å². The molecule has 62 valence electrons. The van der Waals surface area contributed by atoms with E-state index in [1.165, 1.54) is 14.0 Å². The van der Waals surface area contributed by atoms with Crippen LogP contribution in [0.15, 0.2) is 4.99 Å². The average Bonchev–Trinajstić information content (AvgIpc) is 1.85. The van der Waals surface area contributed by atoms with E-state index in [0.29, 0.717) is 5.71 Å². The minimum atomic E-state index is -1.01. The zero-order chi connectivity index (χ0) is 9.02. The number of nitrogens with one attached hydrogen (secondary N) is 1. The van der Waals surface area contributed by atoms with Gasteiger partial charge in [-0.25, -0.2) is 0 Å². The SMILES string of the molecule is CN=C(C)C(C(C)=N)C(=O)O. The van der Waals surface area contributed by atoms with Crippen LogP contribution in [0.5, 0.6) is 0 Å². The van der Waals surface area contributed by atoms with Gasteiger partial charge >= 0.3 is 5.97 Å². The van der Waals surface area contributed by atoms with Crippen molar-refractivity contribution in [2.45, 2.75) is 13.8 Å². The van der Waals surface area contributed by atoms with Crippen LogP contribution in [0.4, 0.5) is 0 Å². The van der Waals surface area contributed by atoms with Crippen LogP contribution in [-0.4, -0.2) is 29.5 Å². The first-order valence-corrected chi connectivity index (χ1v) is 3.21. The summed E-state index contributed by atoms with van der Waals surface area (Å²) in [5, 5.41) is 15.8. The molecule has 0 radical (unpaired) electrons. The highest BCUT2D eigenvalue weighted by molar-refractivity contribution is 6.18. The second-order valence-electron chi connectivity index (χ2n) is 2.32. The Morgan fingerprint density at radius 2 is 2.00 bits per heavy atom. The summed E-state index contributed by atoms with van der Waals surface area (Å²) in [5.74, 6) is -1.86. The second-order valence-corrected chi connectivity index (χ2v) is 2.32. The first-order chi connectivity index (χ1) is 5.00. The van der Waals surface area contributed by atoms with Crippen molar-refractivity contribution in [2.24, 2.45) is 10.9 Å². The molecule has 0 heterocycles. The highest BCUT2D eigenvalue weighted by atomic mass is 16.4. The molecule has 4 nitrogen and oxygen atoms in total. The molecule has 0 saturated heterocycles. The lowest BCUT2D eigenvalue weighted by Gasteiger charge is -2.08. The predicted molar refractivity (Wildman–Crippen MR) is 43.6 cm³/mol. The molecule has 0 aliphatic rings. The van der Waals surface area contributed by atoms with E-state index in [0.717, 1.165) is 0 Å². The molecular weight excluding hydrogens is 144 g/mol. The molecule has 0 spiro atoms. The highest BCUT2D eigenvalue weighted by Crippen LogP contribution is 2.01. The fourth-order valence-corrected chi connectivity index (χ4v) is 0.806. The van der Waals surface area contributed by atoms with Crippen LogP contribution in [-0.2, 0) is 4.79 Å². The zero-order valence-corrected chi connectivity index (χ0v) is 6.88. The van der Waals surface area contributed by atoms with Crippen LogP contribution >= 0.6 is 0 Å². The summed E-state index contributed by atoms with van der Waals surface area (Å²) >= 11 is 0. The van der Waals surface area contributed by atoms with E-state index in [9.17, 15) is 4.79 Å². The Hall–Kier alpha value is -1.19. The molecule has 0 aromatic carbocycles. The molecule has 0 aromatic heterocycles.